The number of ether oxygens (including phenoxy) is 1. The fraction of sp³-hybridized carbons (Fsp3) is 0.200. The number of hydrogen-bond acceptors (Lipinski definition) is 5. The quantitative estimate of drug-likeness (QED) is 0.524. The Hall–Kier alpha value is -3.48. The molecular weight excluding hydrogens is 344 g/mol. The van der Waals surface area contributed by atoms with Crippen LogP contribution in [0.25, 0.3) is 22.2 Å². The lowest BCUT2D eigenvalue weighted by Gasteiger charge is -2.08. The van der Waals surface area contributed by atoms with Crippen LogP contribution in [0.15, 0.2) is 47.5 Å². The Kier molecular flexibility index (Phi) is 3.99. The highest BCUT2D eigenvalue weighted by Gasteiger charge is 2.21. The number of esters is 1. The van der Waals surface area contributed by atoms with Crippen molar-refractivity contribution in [1.29, 1.82) is 0 Å². The zero-order valence-corrected chi connectivity index (χ0v) is 15.3. The third-order valence-electron chi connectivity index (χ3n) is 4.45. The Balaban J connectivity index is 1.97. The van der Waals surface area contributed by atoms with Crippen LogP contribution in [-0.2, 0) is 4.74 Å². The number of pyridine rings is 1. The van der Waals surface area contributed by atoms with Crippen molar-refractivity contribution >= 4 is 22.5 Å². The molecule has 3 aromatic heterocycles. The lowest BCUT2D eigenvalue weighted by atomic mass is 10.2. The molecule has 136 valence electrons. The van der Waals surface area contributed by atoms with Gasteiger partial charge in [-0.25, -0.2) is 14.3 Å². The zero-order valence-electron chi connectivity index (χ0n) is 15.3. The molecule has 27 heavy (non-hydrogen) atoms. The maximum absolute atomic E-state index is 13.0. The molecule has 0 atom stereocenters. The van der Waals surface area contributed by atoms with Gasteiger partial charge < -0.3 is 4.74 Å². The summed E-state index contributed by atoms with van der Waals surface area (Å²) in [7, 11) is 0. The summed E-state index contributed by atoms with van der Waals surface area (Å²) in [5, 5.41) is 4.83. The number of nitrogens with zero attached hydrogens (tertiary/aromatic N) is 4. The molecule has 0 bridgehead atoms. The summed E-state index contributed by atoms with van der Waals surface area (Å²) in [4.78, 5) is 29.6. The van der Waals surface area contributed by atoms with Crippen molar-refractivity contribution in [2.24, 2.45) is 0 Å². The molecule has 3 heterocycles. The van der Waals surface area contributed by atoms with E-state index < -0.39 is 5.97 Å². The summed E-state index contributed by atoms with van der Waals surface area (Å²) in [5.74, 6) is -0.468. The van der Waals surface area contributed by atoms with E-state index in [1.54, 1.807) is 30.7 Å². The number of aromatic nitrogens is 4. The standard InChI is InChI=1S/C20H18N4O3/c1-4-27-20(26)17-13(3)22-24-16-8-9-23(14-7-5-6-12(2)10-14)19(25)15(16)11-21-18(17)24/h5-11H,4H2,1-3H3. The zero-order chi connectivity index (χ0) is 19.1. The number of benzene rings is 1. The number of carbonyl (C=O) groups excluding carboxylic acids is 1. The Morgan fingerprint density at radius 3 is 2.78 bits per heavy atom. The molecule has 7 nitrogen and oxygen atoms in total. The third kappa shape index (κ3) is 2.68. The molecule has 0 unspecified atom stereocenters. The van der Waals surface area contributed by atoms with Crippen molar-refractivity contribution in [2.45, 2.75) is 20.8 Å². The number of aryl methyl sites for hydroxylation is 2. The van der Waals surface area contributed by atoms with E-state index in [2.05, 4.69) is 10.1 Å². The SMILES string of the molecule is CCOC(=O)c1c(C)nn2c1ncc1c(=O)n(-c3cccc(C)c3)ccc12. The van der Waals surface area contributed by atoms with Gasteiger partial charge in [0.2, 0.25) is 0 Å². The molecule has 0 amide bonds. The van der Waals surface area contributed by atoms with Crippen LogP contribution in [0.3, 0.4) is 0 Å². The third-order valence-corrected chi connectivity index (χ3v) is 4.45. The first-order valence-corrected chi connectivity index (χ1v) is 8.65. The summed E-state index contributed by atoms with van der Waals surface area (Å²) >= 11 is 0. The van der Waals surface area contributed by atoms with Crippen LogP contribution in [0.2, 0.25) is 0 Å². The van der Waals surface area contributed by atoms with Gasteiger partial charge in [-0.2, -0.15) is 5.10 Å². The van der Waals surface area contributed by atoms with Crippen LogP contribution < -0.4 is 5.56 Å². The van der Waals surface area contributed by atoms with E-state index in [0.717, 1.165) is 11.3 Å². The van der Waals surface area contributed by atoms with Crippen LogP contribution in [0.1, 0.15) is 28.5 Å². The smallest absolute Gasteiger partial charge is 0.343 e. The summed E-state index contributed by atoms with van der Waals surface area (Å²) in [5.41, 5.74) is 3.45. The monoisotopic (exact) mass is 362 g/mol. The number of hydrogen-bond donors (Lipinski definition) is 0. The fourth-order valence-electron chi connectivity index (χ4n) is 3.20. The lowest BCUT2D eigenvalue weighted by molar-refractivity contribution is 0.0527. The van der Waals surface area contributed by atoms with Gasteiger partial charge in [-0.1, -0.05) is 12.1 Å². The van der Waals surface area contributed by atoms with Crippen molar-refractivity contribution in [1.82, 2.24) is 19.2 Å². The van der Waals surface area contributed by atoms with E-state index in [-0.39, 0.29) is 12.2 Å². The van der Waals surface area contributed by atoms with E-state index in [4.69, 9.17) is 4.74 Å². The summed E-state index contributed by atoms with van der Waals surface area (Å²) < 4.78 is 8.20. The van der Waals surface area contributed by atoms with E-state index in [9.17, 15) is 9.59 Å². The minimum Gasteiger partial charge on any atom is -0.462 e. The number of rotatable bonds is 3. The molecule has 0 aliphatic heterocycles. The lowest BCUT2D eigenvalue weighted by Crippen LogP contribution is -2.19. The molecule has 4 rings (SSSR count). The average Bonchev–Trinajstić information content (AvgIpc) is 2.98. The average molecular weight is 362 g/mol. The first kappa shape index (κ1) is 17.0. The summed E-state index contributed by atoms with van der Waals surface area (Å²) in [6.07, 6.45) is 3.20. The van der Waals surface area contributed by atoms with Crippen LogP contribution in [0.5, 0.6) is 0 Å². The molecule has 0 saturated heterocycles. The molecule has 0 N–H and O–H groups in total. The molecule has 1 aromatic carbocycles. The van der Waals surface area contributed by atoms with Gasteiger partial charge in [0.05, 0.1) is 23.2 Å². The minimum atomic E-state index is -0.468. The Morgan fingerprint density at radius 2 is 2.04 bits per heavy atom. The van der Waals surface area contributed by atoms with Crippen molar-refractivity contribution in [3.8, 4) is 5.69 Å². The number of fused-ring (bicyclic) bond motifs is 3. The normalized spacial score (nSPS) is 11.2. The maximum Gasteiger partial charge on any atom is 0.343 e. The summed E-state index contributed by atoms with van der Waals surface area (Å²) in [6, 6.07) is 9.50. The molecule has 0 aliphatic rings. The van der Waals surface area contributed by atoms with Crippen LogP contribution in [-0.4, -0.2) is 31.7 Å². The molecule has 0 radical (unpaired) electrons. The molecular formula is C20H18N4O3. The molecule has 7 heteroatoms. The highest BCUT2D eigenvalue weighted by molar-refractivity contribution is 5.98. The molecule has 0 saturated carbocycles. The van der Waals surface area contributed by atoms with Crippen molar-refractivity contribution < 1.29 is 9.53 Å². The van der Waals surface area contributed by atoms with Crippen LogP contribution in [0, 0.1) is 13.8 Å². The van der Waals surface area contributed by atoms with Crippen molar-refractivity contribution in [3.63, 3.8) is 0 Å². The van der Waals surface area contributed by atoms with Crippen molar-refractivity contribution in [2.75, 3.05) is 6.61 Å². The largest absolute Gasteiger partial charge is 0.462 e. The Labute approximate surface area is 154 Å². The highest BCUT2D eigenvalue weighted by Crippen LogP contribution is 2.19. The van der Waals surface area contributed by atoms with E-state index in [1.807, 2.05) is 31.2 Å². The highest BCUT2D eigenvalue weighted by atomic mass is 16.5. The van der Waals surface area contributed by atoms with Crippen LogP contribution in [0.4, 0.5) is 0 Å². The van der Waals surface area contributed by atoms with Gasteiger partial charge in [-0.15, -0.1) is 0 Å². The Morgan fingerprint density at radius 1 is 1.22 bits per heavy atom. The van der Waals surface area contributed by atoms with Gasteiger partial charge in [0, 0.05) is 18.1 Å². The molecule has 4 aromatic rings. The van der Waals surface area contributed by atoms with E-state index in [1.165, 1.54) is 10.7 Å². The Bertz CT molecular complexity index is 1250. The van der Waals surface area contributed by atoms with Crippen molar-refractivity contribution in [3.05, 3.63) is 69.9 Å². The molecule has 0 spiro atoms. The predicted octanol–water partition coefficient (Wildman–Crippen LogP) is 2.83. The molecule has 0 fully saturated rings. The minimum absolute atomic E-state index is 0.196. The van der Waals surface area contributed by atoms with Gasteiger partial charge in [0.15, 0.2) is 5.65 Å². The van der Waals surface area contributed by atoms with E-state index in [0.29, 0.717) is 27.8 Å². The topological polar surface area (TPSA) is 78.5 Å². The number of carbonyl (C=O) groups is 1. The first-order valence-electron chi connectivity index (χ1n) is 8.65. The fourth-order valence-corrected chi connectivity index (χ4v) is 3.20. The molecule has 0 aliphatic carbocycles. The predicted molar refractivity (Wildman–Crippen MR) is 102 cm³/mol. The van der Waals surface area contributed by atoms with Gasteiger partial charge in [-0.05, 0) is 44.5 Å². The van der Waals surface area contributed by atoms with Gasteiger partial charge >= 0.3 is 5.97 Å². The van der Waals surface area contributed by atoms with E-state index >= 15 is 0 Å². The first-order chi connectivity index (χ1) is 13.0. The second-order valence-electron chi connectivity index (χ2n) is 6.30. The second-order valence-corrected chi connectivity index (χ2v) is 6.30. The van der Waals surface area contributed by atoms with Gasteiger partial charge in [0.25, 0.3) is 5.56 Å². The van der Waals surface area contributed by atoms with Gasteiger partial charge in [0.1, 0.15) is 5.56 Å². The summed E-state index contributed by atoms with van der Waals surface area (Å²) in [6.45, 7) is 5.71. The maximum atomic E-state index is 13.0. The second kappa shape index (κ2) is 6.35. The van der Waals surface area contributed by atoms with Gasteiger partial charge in [-0.3, -0.25) is 9.36 Å². The van der Waals surface area contributed by atoms with Crippen LogP contribution >= 0.6 is 0 Å².